The minimum absolute atomic E-state index is 0.105. The molecule has 3 rings (SSSR count). The van der Waals surface area contributed by atoms with E-state index in [2.05, 4.69) is 5.32 Å². The van der Waals surface area contributed by atoms with Crippen molar-refractivity contribution in [3.8, 4) is 0 Å². The van der Waals surface area contributed by atoms with Gasteiger partial charge in [-0.2, -0.15) is 0 Å². The van der Waals surface area contributed by atoms with Crippen molar-refractivity contribution in [2.24, 2.45) is 5.92 Å². The summed E-state index contributed by atoms with van der Waals surface area (Å²) < 4.78 is 1.88. The molecule has 86 valence electrons. The molecule has 1 saturated heterocycles. The van der Waals surface area contributed by atoms with Crippen molar-refractivity contribution in [3.05, 3.63) is 32.7 Å². The van der Waals surface area contributed by atoms with E-state index >= 15 is 0 Å². The average molecular weight is 239 g/mol. The van der Waals surface area contributed by atoms with E-state index in [0.717, 1.165) is 42.3 Å². The van der Waals surface area contributed by atoms with E-state index in [1.807, 2.05) is 11.5 Å². The maximum absolute atomic E-state index is 12.0. The minimum atomic E-state index is 0.105. The summed E-state index contributed by atoms with van der Waals surface area (Å²) in [4.78, 5) is 12.0. The lowest BCUT2D eigenvalue weighted by molar-refractivity contribution is 0.257. The van der Waals surface area contributed by atoms with E-state index in [1.165, 1.54) is 0 Å². The van der Waals surface area contributed by atoms with Crippen LogP contribution in [0.25, 0.3) is 0 Å². The molecule has 4 heteroatoms. The van der Waals surface area contributed by atoms with Gasteiger partial charge in [0.05, 0.1) is 5.02 Å². The van der Waals surface area contributed by atoms with Gasteiger partial charge in [0.2, 0.25) is 0 Å². The van der Waals surface area contributed by atoms with Crippen LogP contribution in [-0.4, -0.2) is 17.7 Å². The second-order valence-corrected chi connectivity index (χ2v) is 5.31. The number of halogens is 1. The van der Waals surface area contributed by atoms with E-state index in [-0.39, 0.29) is 5.56 Å². The number of aryl methyl sites for hydroxylation is 1. The minimum Gasteiger partial charge on any atom is -0.316 e. The molecule has 0 aromatic carbocycles. The van der Waals surface area contributed by atoms with Crippen LogP contribution in [0.15, 0.2) is 10.9 Å². The lowest BCUT2D eigenvalue weighted by atomic mass is 9.84. The van der Waals surface area contributed by atoms with Gasteiger partial charge in [-0.25, -0.2) is 0 Å². The Kier molecular flexibility index (Phi) is 2.33. The monoisotopic (exact) mass is 238 g/mol. The molecule has 1 aromatic rings. The molecule has 0 saturated carbocycles. The Morgan fingerprint density at radius 1 is 1.50 bits per heavy atom. The maximum Gasteiger partial charge on any atom is 0.251 e. The SMILES string of the molecule is Cc1cc(=O)n2c(c1Cl)C1CNCC(C1)C2. The third-order valence-electron chi connectivity index (χ3n) is 3.74. The second-order valence-electron chi connectivity index (χ2n) is 4.93. The summed E-state index contributed by atoms with van der Waals surface area (Å²) in [6.07, 6.45) is 1.16. The highest BCUT2D eigenvalue weighted by Gasteiger charge is 2.32. The van der Waals surface area contributed by atoms with Gasteiger partial charge in [0.15, 0.2) is 0 Å². The molecule has 0 spiro atoms. The van der Waals surface area contributed by atoms with Crippen LogP contribution in [-0.2, 0) is 6.54 Å². The molecule has 0 amide bonds. The summed E-state index contributed by atoms with van der Waals surface area (Å²) >= 11 is 6.34. The number of nitrogens with zero attached hydrogens (tertiary/aromatic N) is 1. The van der Waals surface area contributed by atoms with E-state index in [0.29, 0.717) is 11.8 Å². The summed E-state index contributed by atoms with van der Waals surface area (Å²) in [5.41, 5.74) is 2.06. The van der Waals surface area contributed by atoms with Gasteiger partial charge in [-0.15, -0.1) is 0 Å². The number of piperidine rings is 1. The number of hydrogen-bond acceptors (Lipinski definition) is 2. The molecule has 1 fully saturated rings. The lowest BCUT2D eigenvalue weighted by Crippen LogP contribution is -2.45. The largest absolute Gasteiger partial charge is 0.316 e. The fourth-order valence-electron chi connectivity index (χ4n) is 2.99. The molecular weight excluding hydrogens is 224 g/mol. The quantitative estimate of drug-likeness (QED) is 0.744. The van der Waals surface area contributed by atoms with Crippen LogP contribution >= 0.6 is 11.6 Å². The molecule has 1 aromatic heterocycles. The zero-order valence-corrected chi connectivity index (χ0v) is 10.0. The smallest absolute Gasteiger partial charge is 0.251 e. The maximum atomic E-state index is 12.0. The Labute approximate surface area is 99.4 Å². The van der Waals surface area contributed by atoms with E-state index < -0.39 is 0 Å². The number of fused-ring (bicyclic) bond motifs is 4. The zero-order valence-electron chi connectivity index (χ0n) is 9.29. The molecule has 2 atom stereocenters. The molecule has 2 aliphatic heterocycles. The predicted octanol–water partition coefficient (Wildman–Crippen LogP) is 1.52. The highest BCUT2D eigenvalue weighted by Crippen LogP contribution is 2.36. The first-order valence-corrected chi connectivity index (χ1v) is 6.15. The fourth-order valence-corrected chi connectivity index (χ4v) is 3.30. The number of nitrogens with one attached hydrogen (secondary N) is 1. The molecule has 0 aliphatic carbocycles. The number of aromatic nitrogens is 1. The third kappa shape index (κ3) is 1.42. The van der Waals surface area contributed by atoms with Crippen LogP contribution < -0.4 is 10.9 Å². The van der Waals surface area contributed by atoms with Gasteiger partial charge in [-0.05, 0) is 31.4 Å². The molecule has 3 heterocycles. The molecule has 3 nitrogen and oxygen atoms in total. The van der Waals surface area contributed by atoms with Crippen LogP contribution in [0.1, 0.15) is 23.6 Å². The summed E-state index contributed by atoms with van der Waals surface area (Å²) in [5.74, 6) is 0.996. The summed E-state index contributed by atoms with van der Waals surface area (Å²) in [6, 6.07) is 1.65. The molecular formula is C12H15ClN2O. The Bertz CT molecular complexity index is 495. The first kappa shape index (κ1) is 10.4. The van der Waals surface area contributed by atoms with Crippen molar-refractivity contribution in [1.29, 1.82) is 0 Å². The van der Waals surface area contributed by atoms with Gasteiger partial charge in [-0.1, -0.05) is 11.6 Å². The van der Waals surface area contributed by atoms with Crippen LogP contribution in [0, 0.1) is 12.8 Å². The highest BCUT2D eigenvalue weighted by molar-refractivity contribution is 6.32. The van der Waals surface area contributed by atoms with Crippen molar-refractivity contribution < 1.29 is 0 Å². The van der Waals surface area contributed by atoms with Gasteiger partial charge in [-0.3, -0.25) is 4.79 Å². The molecule has 2 unspecified atom stereocenters. The Morgan fingerprint density at radius 2 is 2.31 bits per heavy atom. The number of hydrogen-bond donors (Lipinski definition) is 1. The van der Waals surface area contributed by atoms with Crippen molar-refractivity contribution in [3.63, 3.8) is 0 Å². The lowest BCUT2D eigenvalue weighted by Gasteiger charge is -2.38. The Balaban J connectivity index is 2.23. The van der Waals surface area contributed by atoms with Gasteiger partial charge in [0.25, 0.3) is 5.56 Å². The molecule has 16 heavy (non-hydrogen) atoms. The van der Waals surface area contributed by atoms with Gasteiger partial charge < -0.3 is 9.88 Å². The highest BCUT2D eigenvalue weighted by atomic mass is 35.5. The zero-order chi connectivity index (χ0) is 11.3. The van der Waals surface area contributed by atoms with Gasteiger partial charge in [0.1, 0.15) is 0 Å². The van der Waals surface area contributed by atoms with E-state index in [4.69, 9.17) is 11.6 Å². The second kappa shape index (κ2) is 3.60. The van der Waals surface area contributed by atoms with Crippen LogP contribution in [0.3, 0.4) is 0 Å². The first-order valence-electron chi connectivity index (χ1n) is 5.77. The van der Waals surface area contributed by atoms with Gasteiger partial charge in [0, 0.05) is 30.8 Å². The molecule has 1 N–H and O–H groups in total. The van der Waals surface area contributed by atoms with Crippen molar-refractivity contribution >= 4 is 11.6 Å². The van der Waals surface area contributed by atoms with Crippen LogP contribution in [0.2, 0.25) is 5.02 Å². The summed E-state index contributed by atoms with van der Waals surface area (Å²) in [5, 5.41) is 4.20. The van der Waals surface area contributed by atoms with E-state index in [1.54, 1.807) is 6.07 Å². The topological polar surface area (TPSA) is 34.0 Å². The first-order chi connectivity index (χ1) is 7.66. The Hall–Kier alpha value is -0.800. The fraction of sp³-hybridized carbons (Fsp3) is 0.583. The molecule has 2 aliphatic rings. The van der Waals surface area contributed by atoms with Crippen molar-refractivity contribution in [2.45, 2.75) is 25.8 Å². The molecule has 2 bridgehead atoms. The summed E-state index contributed by atoms with van der Waals surface area (Å²) in [6.45, 7) is 4.69. The van der Waals surface area contributed by atoms with Crippen LogP contribution in [0.5, 0.6) is 0 Å². The van der Waals surface area contributed by atoms with E-state index in [9.17, 15) is 4.79 Å². The molecule has 0 radical (unpaired) electrons. The third-order valence-corrected chi connectivity index (χ3v) is 4.23. The standard InChI is InChI=1S/C12H15ClN2O/c1-7-2-10(16)15-6-8-3-9(5-14-4-8)12(15)11(7)13/h2,8-9,14H,3-6H2,1H3. The predicted molar refractivity (Wildman–Crippen MR) is 64.2 cm³/mol. The van der Waals surface area contributed by atoms with Gasteiger partial charge >= 0.3 is 0 Å². The van der Waals surface area contributed by atoms with Crippen molar-refractivity contribution in [2.75, 3.05) is 13.1 Å². The number of pyridine rings is 1. The van der Waals surface area contributed by atoms with Crippen LogP contribution in [0.4, 0.5) is 0 Å². The summed E-state index contributed by atoms with van der Waals surface area (Å²) in [7, 11) is 0. The average Bonchev–Trinajstić information content (AvgIpc) is 2.26. The Morgan fingerprint density at radius 3 is 3.12 bits per heavy atom. The number of rotatable bonds is 0. The van der Waals surface area contributed by atoms with Crippen molar-refractivity contribution in [1.82, 2.24) is 9.88 Å². The normalized spacial score (nSPS) is 27.6.